The highest BCUT2D eigenvalue weighted by atomic mass is 19.1. The topological polar surface area (TPSA) is 69.4 Å². The van der Waals surface area contributed by atoms with Gasteiger partial charge in [0, 0.05) is 13.1 Å². The number of aromatic nitrogens is 2. The van der Waals surface area contributed by atoms with E-state index in [-0.39, 0.29) is 17.6 Å². The van der Waals surface area contributed by atoms with Gasteiger partial charge >= 0.3 is 0 Å². The first-order valence-corrected chi connectivity index (χ1v) is 6.28. The van der Waals surface area contributed by atoms with Crippen LogP contribution >= 0.6 is 0 Å². The lowest BCUT2D eigenvalue weighted by atomic mass is 10.2. The van der Waals surface area contributed by atoms with Gasteiger partial charge in [0.1, 0.15) is 23.2 Å². The molecule has 0 radical (unpaired) electrons. The number of methoxy groups -OCH3 is 1. The molecule has 1 aromatic heterocycles. The van der Waals surface area contributed by atoms with Gasteiger partial charge in [0.2, 0.25) is 5.82 Å². The fourth-order valence-corrected chi connectivity index (χ4v) is 2.08. The molecule has 0 saturated carbocycles. The second kappa shape index (κ2) is 5.56. The summed E-state index contributed by atoms with van der Waals surface area (Å²) in [7, 11) is 1.46. The van der Waals surface area contributed by atoms with E-state index in [9.17, 15) is 4.39 Å². The third-order valence-electron chi connectivity index (χ3n) is 3.07. The second-order valence-corrected chi connectivity index (χ2v) is 4.34. The first-order chi connectivity index (χ1) is 9.79. The average Bonchev–Trinajstić information content (AvgIpc) is 2.97. The second-order valence-electron chi connectivity index (χ2n) is 4.34. The number of ether oxygens (including phenoxy) is 2. The van der Waals surface area contributed by atoms with E-state index >= 15 is 0 Å². The van der Waals surface area contributed by atoms with Gasteiger partial charge in [-0.15, -0.1) is 0 Å². The molecule has 0 bridgehead atoms. The van der Waals surface area contributed by atoms with Crippen LogP contribution in [0, 0.1) is 5.82 Å². The molecule has 3 rings (SSSR count). The van der Waals surface area contributed by atoms with Crippen molar-refractivity contribution in [3.8, 4) is 17.2 Å². The van der Waals surface area contributed by atoms with Crippen molar-refractivity contribution in [1.82, 2.24) is 15.5 Å². The Bertz CT molecular complexity index is 596. The maximum absolute atomic E-state index is 13.9. The van der Waals surface area contributed by atoms with E-state index in [0.717, 1.165) is 6.54 Å². The standard InChI is InChI=1S/C13H14FN3O3/c1-18-9-4-2-3-8(14)11(9)13-16-12(17-20-13)10-7-15-5-6-19-10/h2-4,10,15H,5-7H2,1H3. The van der Waals surface area contributed by atoms with Crippen LogP contribution in [-0.4, -0.2) is 36.9 Å². The SMILES string of the molecule is COc1cccc(F)c1-c1nc(C2CNCCO2)no1. The molecule has 7 heteroatoms. The zero-order valence-electron chi connectivity index (χ0n) is 10.9. The first kappa shape index (κ1) is 13.0. The Labute approximate surface area is 114 Å². The third-order valence-corrected chi connectivity index (χ3v) is 3.07. The number of morpholine rings is 1. The molecule has 1 aliphatic heterocycles. The van der Waals surface area contributed by atoms with Gasteiger partial charge in [-0.25, -0.2) is 4.39 Å². The highest BCUT2D eigenvalue weighted by molar-refractivity contribution is 5.63. The van der Waals surface area contributed by atoms with Crippen molar-refractivity contribution in [2.45, 2.75) is 6.10 Å². The van der Waals surface area contributed by atoms with Crippen LogP contribution in [0.15, 0.2) is 22.7 Å². The Hall–Kier alpha value is -1.99. The van der Waals surface area contributed by atoms with E-state index in [1.165, 1.54) is 13.2 Å². The number of hydrogen-bond donors (Lipinski definition) is 1. The van der Waals surface area contributed by atoms with Crippen LogP contribution in [0.4, 0.5) is 4.39 Å². The minimum Gasteiger partial charge on any atom is -0.496 e. The van der Waals surface area contributed by atoms with Crippen molar-refractivity contribution in [3.05, 3.63) is 29.8 Å². The third kappa shape index (κ3) is 2.37. The molecular formula is C13H14FN3O3. The predicted molar refractivity (Wildman–Crippen MR) is 67.8 cm³/mol. The molecule has 1 N–H and O–H groups in total. The van der Waals surface area contributed by atoms with Crippen molar-refractivity contribution < 1.29 is 18.4 Å². The maximum atomic E-state index is 13.9. The Morgan fingerprint density at radius 2 is 2.35 bits per heavy atom. The Balaban J connectivity index is 1.93. The Morgan fingerprint density at radius 3 is 3.10 bits per heavy atom. The van der Waals surface area contributed by atoms with Crippen molar-refractivity contribution >= 4 is 0 Å². The summed E-state index contributed by atoms with van der Waals surface area (Å²) in [6.07, 6.45) is -0.279. The van der Waals surface area contributed by atoms with Gasteiger partial charge in [0.15, 0.2) is 0 Å². The van der Waals surface area contributed by atoms with E-state index in [1.54, 1.807) is 12.1 Å². The smallest absolute Gasteiger partial charge is 0.264 e. The fourth-order valence-electron chi connectivity index (χ4n) is 2.08. The van der Waals surface area contributed by atoms with Gasteiger partial charge in [-0.1, -0.05) is 11.2 Å². The number of rotatable bonds is 3. The lowest BCUT2D eigenvalue weighted by Gasteiger charge is -2.20. The molecule has 20 heavy (non-hydrogen) atoms. The van der Waals surface area contributed by atoms with Crippen LogP contribution < -0.4 is 10.1 Å². The van der Waals surface area contributed by atoms with Gasteiger partial charge in [0.25, 0.3) is 5.89 Å². The van der Waals surface area contributed by atoms with Crippen LogP contribution in [0.1, 0.15) is 11.9 Å². The first-order valence-electron chi connectivity index (χ1n) is 6.28. The van der Waals surface area contributed by atoms with Crippen LogP contribution in [-0.2, 0) is 4.74 Å². The van der Waals surface area contributed by atoms with Crippen LogP contribution in [0.25, 0.3) is 11.5 Å². The molecule has 0 amide bonds. The van der Waals surface area contributed by atoms with E-state index in [4.69, 9.17) is 14.0 Å². The molecule has 1 unspecified atom stereocenters. The lowest BCUT2D eigenvalue weighted by molar-refractivity contribution is 0.0208. The molecule has 2 heterocycles. The average molecular weight is 279 g/mol. The highest BCUT2D eigenvalue weighted by Crippen LogP contribution is 2.32. The van der Waals surface area contributed by atoms with Crippen molar-refractivity contribution in [3.63, 3.8) is 0 Å². The molecule has 1 aromatic carbocycles. The summed E-state index contributed by atoms with van der Waals surface area (Å²) >= 11 is 0. The molecule has 106 valence electrons. The normalized spacial score (nSPS) is 19.0. The van der Waals surface area contributed by atoms with Crippen LogP contribution in [0.5, 0.6) is 5.75 Å². The quantitative estimate of drug-likeness (QED) is 0.919. The lowest BCUT2D eigenvalue weighted by Crippen LogP contribution is -2.33. The van der Waals surface area contributed by atoms with Crippen LogP contribution in [0.3, 0.4) is 0 Å². The number of halogens is 1. The van der Waals surface area contributed by atoms with Gasteiger partial charge in [0.05, 0.1) is 13.7 Å². The zero-order chi connectivity index (χ0) is 13.9. The number of nitrogens with zero attached hydrogens (tertiary/aromatic N) is 2. The predicted octanol–water partition coefficient (Wildman–Crippen LogP) is 1.55. The van der Waals surface area contributed by atoms with E-state index in [0.29, 0.717) is 24.7 Å². The molecule has 2 aromatic rings. The van der Waals surface area contributed by atoms with Gasteiger partial charge in [-0.05, 0) is 12.1 Å². The number of nitrogens with one attached hydrogen (secondary N) is 1. The van der Waals surface area contributed by atoms with Crippen molar-refractivity contribution in [2.75, 3.05) is 26.8 Å². The van der Waals surface area contributed by atoms with Gasteiger partial charge in [-0.2, -0.15) is 4.98 Å². The summed E-state index contributed by atoms with van der Waals surface area (Å²) in [6.45, 7) is 1.98. The van der Waals surface area contributed by atoms with E-state index < -0.39 is 5.82 Å². The zero-order valence-corrected chi connectivity index (χ0v) is 10.9. The van der Waals surface area contributed by atoms with Crippen molar-refractivity contribution in [1.29, 1.82) is 0 Å². The van der Waals surface area contributed by atoms with Crippen LogP contribution in [0.2, 0.25) is 0 Å². The van der Waals surface area contributed by atoms with E-state index in [2.05, 4.69) is 15.5 Å². The minimum atomic E-state index is -0.470. The monoisotopic (exact) mass is 279 g/mol. The molecule has 6 nitrogen and oxygen atoms in total. The summed E-state index contributed by atoms with van der Waals surface area (Å²) in [5.41, 5.74) is 0.164. The molecular weight excluding hydrogens is 265 g/mol. The molecule has 0 spiro atoms. The largest absolute Gasteiger partial charge is 0.496 e. The molecule has 1 aliphatic rings. The summed E-state index contributed by atoms with van der Waals surface area (Å²) in [5, 5.41) is 7.03. The summed E-state index contributed by atoms with van der Waals surface area (Å²) in [6, 6.07) is 4.52. The Kier molecular flexibility index (Phi) is 3.62. The molecule has 1 saturated heterocycles. The number of hydrogen-bond acceptors (Lipinski definition) is 6. The molecule has 0 aliphatic carbocycles. The maximum Gasteiger partial charge on any atom is 0.264 e. The highest BCUT2D eigenvalue weighted by Gasteiger charge is 2.24. The Morgan fingerprint density at radius 1 is 1.45 bits per heavy atom. The number of benzene rings is 1. The summed E-state index contributed by atoms with van der Waals surface area (Å²) in [5.74, 6) is 0.367. The van der Waals surface area contributed by atoms with Crippen molar-refractivity contribution in [2.24, 2.45) is 0 Å². The summed E-state index contributed by atoms with van der Waals surface area (Å²) < 4.78 is 29.7. The minimum absolute atomic E-state index is 0.0872. The van der Waals surface area contributed by atoms with E-state index in [1.807, 2.05) is 0 Å². The summed E-state index contributed by atoms with van der Waals surface area (Å²) in [4.78, 5) is 4.21. The van der Waals surface area contributed by atoms with Gasteiger partial charge in [-0.3, -0.25) is 0 Å². The fraction of sp³-hybridized carbons (Fsp3) is 0.385. The van der Waals surface area contributed by atoms with Gasteiger partial charge < -0.3 is 19.3 Å². The molecule has 1 fully saturated rings. The molecule has 1 atom stereocenters.